The summed E-state index contributed by atoms with van der Waals surface area (Å²) in [5, 5.41) is 0. The molecule has 0 heterocycles. The molecule has 0 bridgehead atoms. The van der Waals surface area contributed by atoms with Crippen LogP contribution in [0.25, 0.3) is 1.43 Å². The second-order valence-corrected chi connectivity index (χ2v) is 8.67. The lowest BCUT2D eigenvalue weighted by molar-refractivity contribution is -0.129. The molecule has 4 rings (SSSR count). The highest BCUT2D eigenvalue weighted by molar-refractivity contribution is 7.81. The summed E-state index contributed by atoms with van der Waals surface area (Å²) in [6.45, 7) is 2.15. The molecule has 24 heavy (non-hydrogen) atoms. The van der Waals surface area contributed by atoms with Crippen LogP contribution in [0.4, 0.5) is 0 Å². The van der Waals surface area contributed by atoms with Crippen LogP contribution in [-0.4, -0.2) is 18.8 Å². The van der Waals surface area contributed by atoms with Crippen molar-refractivity contribution in [1.82, 2.24) is 0 Å². The van der Waals surface area contributed by atoms with E-state index in [-0.39, 0.29) is 11.2 Å². The Morgan fingerprint density at radius 2 is 2.12 bits per heavy atom. The minimum Gasteiger partial charge on any atom is -0.362 e. The van der Waals surface area contributed by atoms with Gasteiger partial charge in [0.2, 0.25) is 1.43 Å². The molecule has 0 radical (unpaired) electrons. The fourth-order valence-corrected chi connectivity index (χ4v) is 5.84. The summed E-state index contributed by atoms with van der Waals surface area (Å²) in [7, 11) is -4.32. The normalized spacial score (nSPS) is 35.6. The fraction of sp³-hybridized carbons (Fsp3) is 0.611. The standard InChI is InChI=1S/C18H22O5S/c1-18-9-8-14-13-5-3-12(23-24(20,21)22)10-11(13)2-4-15(14)16(18)6-7-17(18)19/h3,5,10,14-16H,2,4,6-9H2,1H3,(H,20,21,22)/t14-,15-,16+,18+/m1/s1/i/hD. The van der Waals surface area contributed by atoms with Crippen LogP contribution < -0.4 is 4.18 Å². The average Bonchev–Trinajstić information content (AvgIpc) is 2.89. The molecule has 4 atom stereocenters. The van der Waals surface area contributed by atoms with Gasteiger partial charge in [-0.3, -0.25) is 9.35 Å². The van der Waals surface area contributed by atoms with E-state index < -0.39 is 10.4 Å². The topological polar surface area (TPSA) is 80.7 Å². The van der Waals surface area contributed by atoms with E-state index in [1.807, 2.05) is 6.07 Å². The largest absolute Gasteiger partial charge is 0.446 e. The zero-order chi connectivity index (χ0) is 17.8. The summed E-state index contributed by atoms with van der Waals surface area (Å²) in [4.78, 5) is 12.4. The van der Waals surface area contributed by atoms with Gasteiger partial charge in [0, 0.05) is 11.8 Å². The third kappa shape index (κ3) is 2.47. The first-order valence-corrected chi connectivity index (χ1v) is 9.93. The van der Waals surface area contributed by atoms with E-state index in [2.05, 4.69) is 11.5 Å². The van der Waals surface area contributed by atoms with Crippen LogP contribution in [0.2, 0.25) is 0 Å². The summed E-state index contributed by atoms with van der Waals surface area (Å²) in [5.74, 6) is 2.06. The van der Waals surface area contributed by atoms with Gasteiger partial charge in [0.25, 0.3) is 0 Å². The minimum atomic E-state index is -4.32. The third-order valence-corrected chi connectivity index (χ3v) is 7.00. The van der Waals surface area contributed by atoms with Gasteiger partial charge in [0.15, 0.2) is 0 Å². The van der Waals surface area contributed by atoms with Gasteiger partial charge in [-0.2, -0.15) is 8.42 Å². The molecular weight excluding hydrogens is 328 g/mol. The molecule has 0 spiro atoms. The summed E-state index contributed by atoms with van der Waals surface area (Å²) in [6.07, 6.45) is 5.55. The molecule has 1 aromatic carbocycles. The van der Waals surface area contributed by atoms with E-state index in [0.29, 0.717) is 23.5 Å². The van der Waals surface area contributed by atoms with E-state index in [1.165, 1.54) is 5.56 Å². The number of rotatable bonds is 3. The lowest BCUT2D eigenvalue weighted by Crippen LogP contribution is -2.42. The summed E-state index contributed by atoms with van der Waals surface area (Å²) in [5.41, 5.74) is 2.22. The van der Waals surface area contributed by atoms with Crippen molar-refractivity contribution >= 4 is 16.2 Å². The Labute approximate surface area is 143 Å². The summed E-state index contributed by atoms with van der Waals surface area (Å²) in [6, 6.07) is 5.32. The number of ketones is 1. The lowest BCUT2D eigenvalue weighted by atomic mass is 9.55. The Balaban J connectivity index is 1.62. The Bertz CT molecular complexity index is 821. The maximum Gasteiger partial charge on any atom is 0.446 e. The van der Waals surface area contributed by atoms with Crippen LogP contribution in [0.15, 0.2) is 18.2 Å². The fourth-order valence-electron chi connectivity index (χ4n) is 5.50. The molecule has 1 N–H and O–H groups in total. The van der Waals surface area contributed by atoms with Gasteiger partial charge in [-0.15, -0.1) is 0 Å². The first kappa shape index (κ1) is 14.9. The second-order valence-electron chi connectivity index (χ2n) is 7.69. The van der Waals surface area contributed by atoms with E-state index in [9.17, 15) is 13.2 Å². The van der Waals surface area contributed by atoms with Gasteiger partial charge in [0.1, 0.15) is 11.5 Å². The van der Waals surface area contributed by atoms with Crippen LogP contribution in [-0.2, 0) is 21.6 Å². The second kappa shape index (κ2) is 5.30. The minimum absolute atomic E-state index is 0.138. The van der Waals surface area contributed by atoms with E-state index >= 15 is 0 Å². The Hall–Kier alpha value is -1.40. The number of fused-ring (bicyclic) bond motifs is 5. The van der Waals surface area contributed by atoms with Gasteiger partial charge >= 0.3 is 10.4 Å². The maximum atomic E-state index is 12.4. The molecule has 130 valence electrons. The van der Waals surface area contributed by atoms with E-state index in [4.69, 9.17) is 5.61 Å². The van der Waals surface area contributed by atoms with Crippen molar-refractivity contribution in [1.29, 1.82) is 1.43 Å². The monoisotopic (exact) mass is 351 g/mol. The van der Waals surface area contributed by atoms with E-state index in [0.717, 1.165) is 44.1 Å². The van der Waals surface area contributed by atoms with Gasteiger partial charge in [-0.25, -0.2) is 0 Å². The molecular formula is C18H22O5S. The molecule has 6 heteroatoms. The van der Waals surface area contributed by atoms with Crippen LogP contribution >= 0.6 is 0 Å². The number of hydrogen-bond donors (Lipinski definition) is 1. The third-order valence-electron chi connectivity index (χ3n) is 6.61. The number of Topliss-reactive ketones (excluding diaryl/α,β-unsaturated/α-hetero) is 1. The van der Waals surface area contributed by atoms with Gasteiger partial charge in [0.05, 0.1) is 0 Å². The smallest absolute Gasteiger partial charge is 0.362 e. The van der Waals surface area contributed by atoms with Crippen LogP contribution in [0.1, 0.15) is 56.1 Å². The SMILES string of the molecule is [2H]OS(=O)(=O)Oc1ccc2c(c1)CC[C@@H]1[C@@H]2CC[C@]2(C)C(=O)CC[C@@H]12. The van der Waals surface area contributed by atoms with E-state index in [1.54, 1.807) is 12.1 Å². The van der Waals surface area contributed by atoms with Crippen molar-refractivity contribution in [3.8, 4) is 5.75 Å². The van der Waals surface area contributed by atoms with Crippen LogP contribution in [0.3, 0.4) is 0 Å². The number of aryl methyl sites for hydroxylation is 1. The van der Waals surface area contributed by atoms with Gasteiger partial charge in [-0.1, -0.05) is 13.0 Å². The molecule has 0 aliphatic heterocycles. The molecule has 0 amide bonds. The van der Waals surface area contributed by atoms with Crippen LogP contribution in [0.5, 0.6) is 5.75 Å². The molecule has 0 unspecified atom stereocenters. The Morgan fingerprint density at radius 1 is 1.29 bits per heavy atom. The lowest BCUT2D eigenvalue weighted by Gasteiger charge is -2.48. The van der Waals surface area contributed by atoms with Gasteiger partial charge in [-0.05, 0) is 73.1 Å². The van der Waals surface area contributed by atoms with Crippen molar-refractivity contribution in [2.24, 2.45) is 17.3 Å². The molecule has 3 aliphatic rings. The quantitative estimate of drug-likeness (QED) is 0.845. The number of carbonyl (C=O) groups is 1. The Morgan fingerprint density at radius 3 is 2.92 bits per heavy atom. The number of benzene rings is 1. The van der Waals surface area contributed by atoms with Crippen molar-refractivity contribution in [2.75, 3.05) is 0 Å². The maximum absolute atomic E-state index is 12.4. The molecule has 5 nitrogen and oxygen atoms in total. The number of carbonyl (C=O) groups excluding carboxylic acids is 1. The average molecular weight is 351 g/mol. The highest BCUT2D eigenvalue weighted by Gasteiger charge is 2.54. The molecule has 0 aromatic heterocycles. The number of hydrogen-bond acceptors (Lipinski definition) is 5. The van der Waals surface area contributed by atoms with Crippen molar-refractivity contribution in [2.45, 2.75) is 51.4 Å². The molecule has 3 aliphatic carbocycles. The van der Waals surface area contributed by atoms with Crippen LogP contribution in [0, 0.1) is 17.3 Å². The summed E-state index contributed by atoms with van der Waals surface area (Å²) < 4.78 is 37.5. The van der Waals surface area contributed by atoms with Crippen molar-refractivity contribution in [3.63, 3.8) is 0 Å². The first-order chi connectivity index (χ1) is 11.8. The molecule has 0 saturated heterocycles. The van der Waals surface area contributed by atoms with Crippen molar-refractivity contribution < 1.29 is 22.0 Å². The predicted octanol–water partition coefficient (Wildman–Crippen LogP) is 3.29. The molecule has 2 fully saturated rings. The zero-order valence-corrected chi connectivity index (χ0v) is 14.5. The highest BCUT2D eigenvalue weighted by Crippen LogP contribution is 2.59. The molecule has 1 aromatic rings. The molecule has 2 saturated carbocycles. The zero-order valence-electron chi connectivity index (χ0n) is 14.7. The predicted molar refractivity (Wildman–Crippen MR) is 88.2 cm³/mol. The highest BCUT2D eigenvalue weighted by atomic mass is 32.3. The first-order valence-electron chi connectivity index (χ1n) is 9.00. The van der Waals surface area contributed by atoms with Crippen molar-refractivity contribution in [3.05, 3.63) is 29.3 Å². The Kier molecular flexibility index (Phi) is 3.29. The van der Waals surface area contributed by atoms with Gasteiger partial charge < -0.3 is 4.18 Å². The summed E-state index contributed by atoms with van der Waals surface area (Å²) >= 11 is 0.